The SMILES string of the molecule is CCCCCCCCCCCCCC(=O)OC[C@H](COP(=O)(O)OC[C@@H](O)COP(=O)(O)OC[C@@H](COC(=O)CCCCCCC)OC(=O)CCCCCCCCC(C)C)OC(=O)CCCCCCCCCCCC(C)C. The minimum absolute atomic E-state index is 0.101. The summed E-state index contributed by atoms with van der Waals surface area (Å²) < 4.78 is 67.5. The van der Waals surface area contributed by atoms with Crippen LogP contribution in [0.15, 0.2) is 0 Å². The Labute approximate surface area is 467 Å². The lowest BCUT2D eigenvalue weighted by molar-refractivity contribution is -0.161. The Bertz CT molecular complexity index is 1530. The number of aliphatic hydroxyl groups is 1. The quantitative estimate of drug-likeness (QED) is 0.0222. The largest absolute Gasteiger partial charge is 0.472 e. The van der Waals surface area contributed by atoms with E-state index in [1.54, 1.807) is 0 Å². The molecule has 3 N–H and O–H groups in total. The van der Waals surface area contributed by atoms with Crippen molar-refractivity contribution in [3.8, 4) is 0 Å². The molecule has 0 fully saturated rings. The summed E-state index contributed by atoms with van der Waals surface area (Å²) in [6, 6.07) is 0. The van der Waals surface area contributed by atoms with E-state index in [0.29, 0.717) is 31.6 Å². The fourth-order valence-corrected chi connectivity index (χ4v) is 10.0. The monoisotopic (exact) mass is 1140 g/mol. The van der Waals surface area contributed by atoms with Gasteiger partial charge in [0.15, 0.2) is 12.2 Å². The maximum absolute atomic E-state index is 12.9. The van der Waals surface area contributed by atoms with E-state index in [1.807, 2.05) is 0 Å². The van der Waals surface area contributed by atoms with E-state index in [9.17, 15) is 43.2 Å². The van der Waals surface area contributed by atoms with Crippen LogP contribution in [0.4, 0.5) is 0 Å². The number of rotatable bonds is 57. The second kappa shape index (κ2) is 51.0. The van der Waals surface area contributed by atoms with Gasteiger partial charge in [0.25, 0.3) is 0 Å². The van der Waals surface area contributed by atoms with Gasteiger partial charge in [0.05, 0.1) is 26.4 Å². The Morgan fingerprint density at radius 1 is 0.351 bits per heavy atom. The zero-order chi connectivity index (χ0) is 57.3. The van der Waals surface area contributed by atoms with Crippen LogP contribution in [0.2, 0.25) is 0 Å². The second-order valence-electron chi connectivity index (χ2n) is 22.0. The van der Waals surface area contributed by atoms with Gasteiger partial charge in [-0.25, -0.2) is 9.13 Å². The fourth-order valence-electron chi connectivity index (χ4n) is 8.47. The van der Waals surface area contributed by atoms with Crippen molar-refractivity contribution in [2.45, 2.75) is 297 Å². The zero-order valence-corrected chi connectivity index (χ0v) is 51.0. The van der Waals surface area contributed by atoms with Gasteiger partial charge in [-0.1, -0.05) is 228 Å². The van der Waals surface area contributed by atoms with E-state index in [4.69, 9.17) is 37.0 Å². The third kappa shape index (κ3) is 53.2. The van der Waals surface area contributed by atoms with E-state index >= 15 is 0 Å². The summed E-state index contributed by atoms with van der Waals surface area (Å²) in [5.41, 5.74) is 0. The Hall–Kier alpha value is -1.94. The van der Waals surface area contributed by atoms with Crippen molar-refractivity contribution in [1.29, 1.82) is 0 Å². The molecule has 0 aromatic rings. The first-order valence-electron chi connectivity index (χ1n) is 30.5. The third-order valence-electron chi connectivity index (χ3n) is 13.2. The molecule has 2 unspecified atom stereocenters. The van der Waals surface area contributed by atoms with Crippen LogP contribution in [-0.4, -0.2) is 96.7 Å². The molecule has 0 aliphatic carbocycles. The average Bonchev–Trinajstić information content (AvgIpc) is 3.38. The summed E-state index contributed by atoms with van der Waals surface area (Å²) in [4.78, 5) is 71.6. The summed E-state index contributed by atoms with van der Waals surface area (Å²) in [5.74, 6) is -0.751. The number of unbranched alkanes of at least 4 members (excludes halogenated alkanes) is 27. The van der Waals surface area contributed by atoms with Gasteiger partial charge < -0.3 is 33.8 Å². The fraction of sp³-hybridized carbons (Fsp3) is 0.931. The van der Waals surface area contributed by atoms with Crippen LogP contribution < -0.4 is 0 Å². The first-order valence-corrected chi connectivity index (χ1v) is 33.5. The maximum atomic E-state index is 12.9. The van der Waals surface area contributed by atoms with Crippen LogP contribution in [0.1, 0.15) is 279 Å². The third-order valence-corrected chi connectivity index (χ3v) is 15.1. The molecular formula is C58H112O17P2. The van der Waals surface area contributed by atoms with E-state index < -0.39 is 97.5 Å². The van der Waals surface area contributed by atoms with E-state index in [2.05, 4.69) is 41.5 Å². The molecule has 19 heteroatoms. The minimum atomic E-state index is -4.94. The Morgan fingerprint density at radius 3 is 0.883 bits per heavy atom. The molecule has 0 aromatic carbocycles. The molecule has 0 radical (unpaired) electrons. The van der Waals surface area contributed by atoms with Gasteiger partial charge in [0.1, 0.15) is 19.3 Å². The number of hydrogen-bond acceptors (Lipinski definition) is 15. The highest BCUT2D eigenvalue weighted by atomic mass is 31.2. The van der Waals surface area contributed by atoms with Crippen LogP contribution in [-0.2, 0) is 65.4 Å². The van der Waals surface area contributed by atoms with Crippen molar-refractivity contribution in [2.24, 2.45) is 11.8 Å². The average molecular weight is 1140 g/mol. The van der Waals surface area contributed by atoms with Gasteiger partial charge >= 0.3 is 39.5 Å². The van der Waals surface area contributed by atoms with E-state index in [-0.39, 0.29) is 25.7 Å². The number of phosphoric ester groups is 2. The highest BCUT2D eigenvalue weighted by molar-refractivity contribution is 7.47. The predicted octanol–water partition coefficient (Wildman–Crippen LogP) is 15.3. The highest BCUT2D eigenvalue weighted by Crippen LogP contribution is 2.45. The van der Waals surface area contributed by atoms with Crippen molar-refractivity contribution in [2.75, 3.05) is 39.6 Å². The molecule has 77 heavy (non-hydrogen) atoms. The summed E-state index contributed by atoms with van der Waals surface area (Å²) >= 11 is 0. The van der Waals surface area contributed by atoms with Gasteiger partial charge in [0.2, 0.25) is 0 Å². The molecule has 0 saturated heterocycles. The van der Waals surface area contributed by atoms with Crippen LogP contribution in [0.3, 0.4) is 0 Å². The molecule has 0 rings (SSSR count). The molecule has 0 amide bonds. The zero-order valence-electron chi connectivity index (χ0n) is 49.2. The van der Waals surface area contributed by atoms with Gasteiger partial charge in [-0.3, -0.25) is 37.3 Å². The molecule has 456 valence electrons. The number of esters is 4. The van der Waals surface area contributed by atoms with Crippen molar-refractivity contribution < 1.29 is 80.2 Å². The molecular weight excluding hydrogens is 1030 g/mol. The summed E-state index contributed by atoms with van der Waals surface area (Å²) in [6.45, 7) is 9.23. The number of ether oxygens (including phenoxy) is 4. The van der Waals surface area contributed by atoms with Gasteiger partial charge in [-0.2, -0.15) is 0 Å². The molecule has 0 aliphatic rings. The van der Waals surface area contributed by atoms with Crippen LogP contribution in [0.5, 0.6) is 0 Å². The van der Waals surface area contributed by atoms with Gasteiger partial charge in [-0.05, 0) is 37.5 Å². The van der Waals surface area contributed by atoms with Crippen molar-refractivity contribution in [3.63, 3.8) is 0 Å². The first-order chi connectivity index (χ1) is 36.9. The van der Waals surface area contributed by atoms with Crippen LogP contribution in [0, 0.1) is 11.8 Å². The number of carbonyl (C=O) groups is 4. The number of phosphoric acid groups is 2. The standard InChI is InChI=1S/C58H112O17P2/c1-7-9-11-13-14-15-16-19-22-29-35-41-56(61)69-47-54(74-57(62)42-36-30-23-20-17-18-21-27-32-38-50(3)4)49-73-77(66,67)71-45-52(59)44-70-76(64,65)72-48-53(46-68-55(60)40-34-26-12-10-8-2)75-58(63)43-37-31-25-24-28-33-39-51(5)6/h50-54,59H,7-49H2,1-6H3,(H,64,65)(H,66,67)/t52-,53+,54+/m0/s1. The minimum Gasteiger partial charge on any atom is -0.462 e. The lowest BCUT2D eigenvalue weighted by atomic mass is 10.0. The molecule has 0 heterocycles. The summed E-state index contributed by atoms with van der Waals surface area (Å²) in [7, 11) is -9.87. The topological polar surface area (TPSA) is 237 Å². The lowest BCUT2D eigenvalue weighted by Gasteiger charge is -2.21. The second-order valence-corrected chi connectivity index (χ2v) is 24.9. The Balaban J connectivity index is 5.19. The molecule has 0 spiro atoms. The van der Waals surface area contributed by atoms with E-state index in [0.717, 1.165) is 102 Å². The van der Waals surface area contributed by atoms with Gasteiger partial charge in [-0.15, -0.1) is 0 Å². The van der Waals surface area contributed by atoms with Crippen molar-refractivity contribution >= 4 is 39.5 Å². The van der Waals surface area contributed by atoms with Crippen molar-refractivity contribution in [3.05, 3.63) is 0 Å². The van der Waals surface area contributed by atoms with E-state index in [1.165, 1.54) is 89.9 Å². The van der Waals surface area contributed by atoms with Crippen molar-refractivity contribution in [1.82, 2.24) is 0 Å². The molecule has 0 saturated carbocycles. The normalized spacial score (nSPS) is 14.5. The van der Waals surface area contributed by atoms with Gasteiger partial charge in [0, 0.05) is 25.7 Å². The Morgan fingerprint density at radius 2 is 0.597 bits per heavy atom. The molecule has 17 nitrogen and oxygen atoms in total. The molecule has 5 atom stereocenters. The number of aliphatic hydroxyl groups excluding tert-OH is 1. The predicted molar refractivity (Wildman–Crippen MR) is 303 cm³/mol. The molecule has 0 bridgehead atoms. The summed E-state index contributed by atoms with van der Waals surface area (Å²) in [6.07, 6.45) is 31.2. The number of carbonyl (C=O) groups excluding carboxylic acids is 4. The van der Waals surface area contributed by atoms with Crippen LogP contribution >= 0.6 is 15.6 Å². The lowest BCUT2D eigenvalue weighted by Crippen LogP contribution is -2.30. The highest BCUT2D eigenvalue weighted by Gasteiger charge is 2.30. The Kier molecular flexibility index (Phi) is 49.7. The smallest absolute Gasteiger partial charge is 0.462 e. The molecule has 0 aliphatic heterocycles. The number of hydrogen-bond donors (Lipinski definition) is 3. The first kappa shape index (κ1) is 75.1. The molecule has 0 aromatic heterocycles. The maximum Gasteiger partial charge on any atom is 0.472 e. The summed E-state index contributed by atoms with van der Waals surface area (Å²) in [5, 5.41) is 10.5. The van der Waals surface area contributed by atoms with Crippen LogP contribution in [0.25, 0.3) is 0 Å².